The standard InChI is InChI=1S/C27H42O4/c1-17(2)7-6-8-18(3)20-9-10-21-22-15-23(29)27(31)16-19(28)11-12-25(27,5)26(22,30)14-13-24(20,21)4/h10,15,17-20,28,30-31H,6-9,11-14,16H2,1-5H3/t18-,19+,20-,24-,25-,26-,27+/m1/s1. The highest BCUT2D eigenvalue weighted by Crippen LogP contribution is 2.67. The number of carbonyl (C=O) groups is 1. The lowest BCUT2D eigenvalue weighted by Crippen LogP contribution is -2.71. The lowest BCUT2D eigenvalue weighted by atomic mass is 9.44. The van der Waals surface area contributed by atoms with E-state index in [0.29, 0.717) is 31.1 Å². The maximum Gasteiger partial charge on any atom is 0.188 e. The number of aliphatic hydroxyl groups is 3. The SMILES string of the molecule is CC(C)CCC[C@@H](C)[C@H]1CC=C2C3=CC(=O)[C@@]4(O)C[C@@H](O)CC[C@]4(C)[C@@]3(O)CC[C@@]21C. The number of fused-ring (bicyclic) bond motifs is 5. The Kier molecular flexibility index (Phi) is 5.64. The molecule has 4 nitrogen and oxygen atoms in total. The normalized spacial score (nSPS) is 45.5. The number of ketones is 1. The van der Waals surface area contributed by atoms with E-state index in [1.165, 1.54) is 25.3 Å². The van der Waals surface area contributed by atoms with Crippen molar-refractivity contribution in [2.75, 3.05) is 0 Å². The molecule has 7 atom stereocenters. The summed E-state index contributed by atoms with van der Waals surface area (Å²) in [5.41, 5.74) is -2.02. The van der Waals surface area contributed by atoms with Crippen LogP contribution in [-0.4, -0.2) is 38.4 Å². The zero-order chi connectivity index (χ0) is 22.8. The maximum absolute atomic E-state index is 13.2. The van der Waals surface area contributed by atoms with Crippen LogP contribution in [0.1, 0.15) is 92.4 Å². The van der Waals surface area contributed by atoms with E-state index in [2.05, 4.69) is 33.8 Å². The molecule has 0 amide bonds. The fraction of sp³-hybridized carbons (Fsp3) is 0.815. The van der Waals surface area contributed by atoms with Crippen molar-refractivity contribution >= 4 is 5.78 Å². The molecule has 31 heavy (non-hydrogen) atoms. The van der Waals surface area contributed by atoms with E-state index in [9.17, 15) is 20.1 Å². The number of carbonyl (C=O) groups excluding carboxylic acids is 1. The van der Waals surface area contributed by atoms with Gasteiger partial charge < -0.3 is 15.3 Å². The first-order chi connectivity index (χ1) is 14.4. The highest BCUT2D eigenvalue weighted by Gasteiger charge is 2.70. The summed E-state index contributed by atoms with van der Waals surface area (Å²) >= 11 is 0. The van der Waals surface area contributed by atoms with Crippen molar-refractivity contribution in [2.45, 2.75) is 110 Å². The van der Waals surface area contributed by atoms with Gasteiger partial charge in [0.15, 0.2) is 5.78 Å². The van der Waals surface area contributed by atoms with Crippen LogP contribution < -0.4 is 0 Å². The van der Waals surface area contributed by atoms with E-state index in [0.717, 1.165) is 29.9 Å². The molecule has 4 aliphatic carbocycles. The van der Waals surface area contributed by atoms with Gasteiger partial charge in [0.25, 0.3) is 0 Å². The van der Waals surface area contributed by atoms with Gasteiger partial charge in [0.2, 0.25) is 0 Å². The average Bonchev–Trinajstić information content (AvgIpc) is 3.03. The Labute approximate surface area is 187 Å². The zero-order valence-corrected chi connectivity index (χ0v) is 20.1. The number of aliphatic hydroxyl groups excluding tert-OH is 1. The molecule has 0 unspecified atom stereocenters. The van der Waals surface area contributed by atoms with Crippen molar-refractivity contribution in [3.05, 3.63) is 23.3 Å². The van der Waals surface area contributed by atoms with E-state index >= 15 is 0 Å². The molecule has 2 saturated carbocycles. The van der Waals surface area contributed by atoms with E-state index < -0.39 is 22.7 Å². The van der Waals surface area contributed by atoms with Crippen LogP contribution in [0, 0.1) is 28.6 Å². The van der Waals surface area contributed by atoms with Crippen molar-refractivity contribution in [2.24, 2.45) is 28.6 Å². The Balaban J connectivity index is 1.66. The summed E-state index contributed by atoms with van der Waals surface area (Å²) in [5.74, 6) is 1.52. The highest BCUT2D eigenvalue weighted by molar-refractivity contribution is 6.01. The monoisotopic (exact) mass is 430 g/mol. The third-order valence-corrected chi connectivity index (χ3v) is 9.90. The fourth-order valence-electron chi connectivity index (χ4n) is 7.66. The van der Waals surface area contributed by atoms with Crippen LogP contribution in [0.2, 0.25) is 0 Å². The van der Waals surface area contributed by atoms with Crippen molar-refractivity contribution < 1.29 is 20.1 Å². The van der Waals surface area contributed by atoms with Crippen LogP contribution in [-0.2, 0) is 4.79 Å². The molecule has 0 bridgehead atoms. The third-order valence-electron chi connectivity index (χ3n) is 9.90. The van der Waals surface area contributed by atoms with Gasteiger partial charge >= 0.3 is 0 Å². The Morgan fingerprint density at radius 1 is 1.03 bits per heavy atom. The first-order valence-corrected chi connectivity index (χ1v) is 12.5. The predicted octanol–water partition coefficient (Wildman–Crippen LogP) is 4.72. The molecule has 0 radical (unpaired) electrons. The molecular weight excluding hydrogens is 388 g/mol. The smallest absolute Gasteiger partial charge is 0.188 e. The molecular formula is C27H42O4. The van der Waals surface area contributed by atoms with Gasteiger partial charge in [-0.15, -0.1) is 0 Å². The first-order valence-electron chi connectivity index (χ1n) is 12.5. The summed E-state index contributed by atoms with van der Waals surface area (Å²) in [6.45, 7) is 11.1. The van der Waals surface area contributed by atoms with Crippen LogP contribution in [0.25, 0.3) is 0 Å². The van der Waals surface area contributed by atoms with E-state index in [1.807, 2.05) is 6.92 Å². The van der Waals surface area contributed by atoms with Crippen LogP contribution in [0.3, 0.4) is 0 Å². The molecule has 0 spiro atoms. The maximum atomic E-state index is 13.2. The van der Waals surface area contributed by atoms with Gasteiger partial charge in [-0.2, -0.15) is 0 Å². The molecule has 174 valence electrons. The second-order valence-electron chi connectivity index (χ2n) is 12.1. The summed E-state index contributed by atoms with van der Waals surface area (Å²) in [4.78, 5) is 13.2. The van der Waals surface area contributed by atoms with Crippen molar-refractivity contribution in [1.82, 2.24) is 0 Å². The summed E-state index contributed by atoms with van der Waals surface area (Å²) < 4.78 is 0. The van der Waals surface area contributed by atoms with Crippen molar-refractivity contribution in [3.63, 3.8) is 0 Å². The quantitative estimate of drug-likeness (QED) is 0.590. The first kappa shape index (κ1) is 23.2. The second-order valence-corrected chi connectivity index (χ2v) is 12.1. The predicted molar refractivity (Wildman–Crippen MR) is 122 cm³/mol. The minimum absolute atomic E-state index is 0.0141. The fourth-order valence-corrected chi connectivity index (χ4v) is 7.66. The molecule has 0 heterocycles. The Morgan fingerprint density at radius 2 is 1.74 bits per heavy atom. The summed E-state index contributed by atoms with van der Waals surface area (Å²) in [6.07, 6.45) is 10.2. The molecule has 4 aliphatic rings. The van der Waals surface area contributed by atoms with Crippen LogP contribution in [0.15, 0.2) is 23.3 Å². The minimum atomic E-state index is -1.70. The van der Waals surface area contributed by atoms with Gasteiger partial charge in [0.05, 0.1) is 11.7 Å². The van der Waals surface area contributed by atoms with Crippen LogP contribution in [0.5, 0.6) is 0 Å². The number of allylic oxidation sites excluding steroid dienone is 1. The van der Waals surface area contributed by atoms with Gasteiger partial charge in [-0.05, 0) is 72.5 Å². The summed E-state index contributed by atoms with van der Waals surface area (Å²) in [5, 5.41) is 33.7. The third kappa shape index (κ3) is 3.15. The Bertz CT molecular complexity index is 812. The molecule has 0 aromatic heterocycles. The second kappa shape index (κ2) is 7.53. The topological polar surface area (TPSA) is 77.8 Å². The summed E-state index contributed by atoms with van der Waals surface area (Å²) in [7, 11) is 0. The molecule has 0 aliphatic heterocycles. The zero-order valence-electron chi connectivity index (χ0n) is 20.1. The molecule has 2 fully saturated rings. The number of hydrogen-bond acceptors (Lipinski definition) is 4. The highest BCUT2D eigenvalue weighted by atomic mass is 16.3. The average molecular weight is 431 g/mol. The number of hydrogen-bond donors (Lipinski definition) is 3. The van der Waals surface area contributed by atoms with E-state index in [-0.39, 0.29) is 17.6 Å². The Morgan fingerprint density at radius 3 is 2.42 bits per heavy atom. The summed E-state index contributed by atoms with van der Waals surface area (Å²) in [6, 6.07) is 0. The van der Waals surface area contributed by atoms with E-state index in [4.69, 9.17) is 0 Å². The molecule has 4 heteroatoms. The number of rotatable bonds is 5. The van der Waals surface area contributed by atoms with Gasteiger partial charge in [0.1, 0.15) is 5.60 Å². The minimum Gasteiger partial charge on any atom is -0.393 e. The van der Waals surface area contributed by atoms with Gasteiger partial charge in [-0.25, -0.2) is 0 Å². The molecule has 0 aromatic carbocycles. The lowest BCUT2D eigenvalue weighted by Gasteiger charge is -2.62. The van der Waals surface area contributed by atoms with Gasteiger partial charge in [0, 0.05) is 11.8 Å². The van der Waals surface area contributed by atoms with Crippen molar-refractivity contribution in [3.8, 4) is 0 Å². The van der Waals surface area contributed by atoms with Crippen molar-refractivity contribution in [1.29, 1.82) is 0 Å². The Hall–Kier alpha value is -0.970. The molecule has 3 N–H and O–H groups in total. The van der Waals surface area contributed by atoms with Crippen LogP contribution in [0.4, 0.5) is 0 Å². The molecule has 0 saturated heterocycles. The van der Waals surface area contributed by atoms with Gasteiger partial charge in [-0.3, -0.25) is 4.79 Å². The van der Waals surface area contributed by atoms with E-state index in [1.54, 1.807) is 0 Å². The lowest BCUT2D eigenvalue weighted by molar-refractivity contribution is -0.217. The molecule has 4 rings (SSSR count). The largest absolute Gasteiger partial charge is 0.393 e. The van der Waals surface area contributed by atoms with Gasteiger partial charge in [-0.1, -0.05) is 60.0 Å². The van der Waals surface area contributed by atoms with Crippen LogP contribution >= 0.6 is 0 Å². The molecule has 0 aromatic rings.